The summed E-state index contributed by atoms with van der Waals surface area (Å²) in [4.78, 5) is 63.6. The number of likely N-dealkylation sites (N-methyl/N-ethyl adjacent to an activating group) is 4. The molecule has 20 heteroatoms. The molecule has 18 nitrogen and oxygen atoms in total. The molecule has 2 heterocycles. The van der Waals surface area contributed by atoms with Crippen LogP contribution in [-0.4, -0.2) is 177 Å². The number of benzene rings is 6. The number of carboxylic acids is 2. The number of rotatable bonds is 31. The fraction of sp³-hybridized carbons (Fsp3) is 0.290. The van der Waals surface area contributed by atoms with Crippen LogP contribution >= 0.6 is 23.2 Å². The summed E-state index contributed by atoms with van der Waals surface area (Å²) in [6, 6.07) is 45.1. The van der Waals surface area contributed by atoms with Gasteiger partial charge in [-0.2, -0.15) is 0 Å². The molecule has 6 aromatic carbocycles. The van der Waals surface area contributed by atoms with E-state index >= 15 is 0 Å². The summed E-state index contributed by atoms with van der Waals surface area (Å²) < 4.78 is 26.7. The van der Waals surface area contributed by atoms with E-state index in [1.54, 1.807) is 23.9 Å². The van der Waals surface area contributed by atoms with Crippen LogP contribution in [0.4, 0.5) is 0 Å². The third kappa shape index (κ3) is 15.3. The van der Waals surface area contributed by atoms with Crippen molar-refractivity contribution in [2.75, 3.05) is 107 Å². The zero-order valence-electron chi connectivity index (χ0n) is 46.1. The molecule has 7 aromatic rings. The lowest BCUT2D eigenvalue weighted by molar-refractivity contribution is -0.139. The molecule has 8 rings (SSSR count). The van der Waals surface area contributed by atoms with Crippen molar-refractivity contribution in [1.82, 2.24) is 34.5 Å². The molecule has 0 saturated heterocycles. The molecule has 428 valence electrons. The normalized spacial score (nSPS) is 15.0. The number of nitrogens with one attached hydrogen (secondary N) is 1. The number of carbonyl (C=O) groups is 4. The Balaban J connectivity index is 1.33. The third-order valence-electron chi connectivity index (χ3n) is 13.6. The molecule has 0 aliphatic carbocycles. The van der Waals surface area contributed by atoms with Crippen LogP contribution in [-0.2, 0) is 25.0 Å². The number of aldehydes is 2. The van der Waals surface area contributed by atoms with E-state index in [0.29, 0.717) is 113 Å². The van der Waals surface area contributed by atoms with Gasteiger partial charge in [0, 0.05) is 53.5 Å². The number of hydrogen-bond acceptors (Lipinski definition) is 15. The van der Waals surface area contributed by atoms with Crippen molar-refractivity contribution in [2.45, 2.75) is 11.8 Å². The molecular formula is C62H66Cl2N8O10. The average Bonchev–Trinajstić information content (AvgIpc) is 3.39. The molecule has 1 aromatic heterocycles. The molecule has 3 N–H and O–H groups in total. The monoisotopic (exact) mass is 1150 g/mol. The molecule has 2 unspecified atom stereocenters. The van der Waals surface area contributed by atoms with Crippen molar-refractivity contribution in [2.24, 2.45) is 4.99 Å². The standard InChI is InChI=1S/C62H66Cl2N8O10/c1-68(29-35-73)31-37-79-47-21-13-43(14-22-47)57-58(44-15-23-48(24-16-44)81-39-33-70(3)41-55(75)76)67-62(66-57,52-10-6-8-12-54(52)64)72-60(46-19-27-50(28-20-46)80-38-32-69(2)30-36-74)59(65-61(72)51-9-5-7-11-53(51)63)45-17-25-49(26-18-45)82-40-34-71(4)42-56(77)78/h5-28,35-36,57,66H,29-34,37-42H2,1-4H3,(H,75,76)(H,77,78). The van der Waals surface area contributed by atoms with Gasteiger partial charge < -0.3 is 38.7 Å². The molecule has 0 saturated carbocycles. The molecule has 0 amide bonds. The van der Waals surface area contributed by atoms with E-state index in [4.69, 9.17) is 52.1 Å². The number of imidazole rings is 1. The van der Waals surface area contributed by atoms with Gasteiger partial charge in [0.15, 0.2) is 0 Å². The van der Waals surface area contributed by atoms with E-state index in [2.05, 4.69) is 9.88 Å². The fourth-order valence-corrected chi connectivity index (χ4v) is 9.87. The lowest BCUT2D eigenvalue weighted by Crippen LogP contribution is -2.46. The summed E-state index contributed by atoms with van der Waals surface area (Å²) in [5.74, 6) is -0.595. The van der Waals surface area contributed by atoms with Crippen molar-refractivity contribution in [3.05, 3.63) is 172 Å². The first-order valence-corrected chi connectivity index (χ1v) is 27.4. The smallest absolute Gasteiger partial charge is 0.317 e. The minimum atomic E-state index is -1.60. The van der Waals surface area contributed by atoms with E-state index < -0.39 is 23.8 Å². The second kappa shape index (κ2) is 28.7. The Morgan fingerprint density at radius 1 is 0.573 bits per heavy atom. The van der Waals surface area contributed by atoms with Crippen LogP contribution < -0.4 is 24.3 Å². The van der Waals surface area contributed by atoms with Gasteiger partial charge >= 0.3 is 11.9 Å². The van der Waals surface area contributed by atoms with Gasteiger partial charge in [-0.3, -0.25) is 39.1 Å². The van der Waals surface area contributed by atoms with E-state index in [1.807, 2.05) is 169 Å². The summed E-state index contributed by atoms with van der Waals surface area (Å²) >= 11 is 14.8. The highest BCUT2D eigenvalue weighted by Crippen LogP contribution is 2.49. The molecule has 0 bridgehead atoms. The van der Waals surface area contributed by atoms with Crippen LogP contribution in [0.5, 0.6) is 23.0 Å². The minimum absolute atomic E-state index is 0.117. The molecule has 0 radical (unpaired) electrons. The first kappa shape index (κ1) is 60.2. The maximum absolute atomic E-state index is 11.3. The molecule has 0 fully saturated rings. The number of aromatic nitrogens is 2. The van der Waals surface area contributed by atoms with Gasteiger partial charge in [-0.1, -0.05) is 65.7 Å². The first-order valence-electron chi connectivity index (χ1n) is 26.6. The lowest BCUT2D eigenvalue weighted by Gasteiger charge is -2.34. The SMILES string of the molecule is CN(CC=O)CCOc1ccc(-c2c(-c3ccc(OCCN(C)CC(=O)O)cc3)nc(-c3ccccc3Cl)n2C2(c3ccccc3Cl)N=C(c3ccc(OCCN(C)CC(=O)O)cc3)C(c3ccc(OCCN(C)CC=O)cc3)N2)cc1. The summed E-state index contributed by atoms with van der Waals surface area (Å²) in [6.45, 7) is 3.43. The van der Waals surface area contributed by atoms with Crippen molar-refractivity contribution >= 4 is 53.4 Å². The number of carbonyl (C=O) groups excluding carboxylic acids is 2. The predicted octanol–water partition coefficient (Wildman–Crippen LogP) is 8.49. The van der Waals surface area contributed by atoms with Gasteiger partial charge in [-0.25, -0.2) is 9.98 Å². The lowest BCUT2D eigenvalue weighted by atomic mass is 9.97. The second-order valence-electron chi connectivity index (χ2n) is 19.8. The third-order valence-corrected chi connectivity index (χ3v) is 14.3. The molecule has 2 atom stereocenters. The van der Waals surface area contributed by atoms with Gasteiger partial charge in [0.25, 0.3) is 0 Å². The first-order chi connectivity index (χ1) is 39.7. The summed E-state index contributed by atoms with van der Waals surface area (Å²) in [6.07, 6.45) is 1.71. The minimum Gasteiger partial charge on any atom is -0.492 e. The number of halogens is 2. The Morgan fingerprint density at radius 2 is 1.00 bits per heavy atom. The van der Waals surface area contributed by atoms with Crippen LogP contribution in [0.15, 0.2) is 151 Å². The Bertz CT molecular complexity index is 3310. The maximum Gasteiger partial charge on any atom is 0.317 e. The Labute approximate surface area is 487 Å². The van der Waals surface area contributed by atoms with E-state index in [0.717, 1.165) is 34.8 Å². The average molecular weight is 1150 g/mol. The zero-order valence-corrected chi connectivity index (χ0v) is 47.6. The fourth-order valence-electron chi connectivity index (χ4n) is 9.39. The van der Waals surface area contributed by atoms with Gasteiger partial charge in [-0.15, -0.1) is 0 Å². The van der Waals surface area contributed by atoms with Crippen LogP contribution in [0.25, 0.3) is 33.9 Å². The Hall–Kier alpha value is -7.94. The Morgan fingerprint density at radius 3 is 1.46 bits per heavy atom. The largest absolute Gasteiger partial charge is 0.492 e. The number of ether oxygens (including phenoxy) is 4. The van der Waals surface area contributed by atoms with E-state index in [1.165, 1.54) is 0 Å². The summed E-state index contributed by atoms with van der Waals surface area (Å²) in [5.41, 5.74) is 6.09. The topological polar surface area (TPSA) is 201 Å². The number of aliphatic carboxylic acids is 2. The van der Waals surface area contributed by atoms with E-state index in [9.17, 15) is 29.4 Å². The number of aliphatic imine (C=N–C) groups is 1. The zero-order chi connectivity index (χ0) is 58.2. The summed E-state index contributed by atoms with van der Waals surface area (Å²) in [7, 11) is 7.16. The van der Waals surface area contributed by atoms with Crippen LogP contribution in [0.3, 0.4) is 0 Å². The number of carboxylic acid groups (broad SMARTS) is 2. The number of hydrogen-bond donors (Lipinski definition) is 3. The highest BCUT2D eigenvalue weighted by atomic mass is 35.5. The highest BCUT2D eigenvalue weighted by Gasteiger charge is 2.49. The van der Waals surface area contributed by atoms with Gasteiger partial charge in [-0.05, 0) is 142 Å². The van der Waals surface area contributed by atoms with E-state index in [-0.39, 0.29) is 32.8 Å². The van der Waals surface area contributed by atoms with Gasteiger partial charge in [0.05, 0.1) is 54.3 Å². The van der Waals surface area contributed by atoms with Crippen molar-refractivity contribution in [3.8, 4) is 56.9 Å². The predicted molar refractivity (Wildman–Crippen MR) is 317 cm³/mol. The summed E-state index contributed by atoms with van der Waals surface area (Å²) in [5, 5.41) is 23.5. The maximum atomic E-state index is 11.3. The van der Waals surface area contributed by atoms with Gasteiger partial charge in [0.1, 0.15) is 67.8 Å². The Kier molecular flexibility index (Phi) is 21.0. The van der Waals surface area contributed by atoms with Crippen molar-refractivity contribution < 1.29 is 48.3 Å². The van der Waals surface area contributed by atoms with Crippen molar-refractivity contribution in [3.63, 3.8) is 0 Å². The van der Waals surface area contributed by atoms with Gasteiger partial charge in [0.2, 0.25) is 5.79 Å². The van der Waals surface area contributed by atoms with Crippen LogP contribution in [0, 0.1) is 0 Å². The number of nitrogens with zero attached hydrogens (tertiary/aromatic N) is 7. The van der Waals surface area contributed by atoms with Crippen LogP contribution in [0.2, 0.25) is 10.0 Å². The molecule has 0 spiro atoms. The quantitative estimate of drug-likeness (QED) is 0.0349. The highest BCUT2D eigenvalue weighted by molar-refractivity contribution is 6.33. The second-order valence-corrected chi connectivity index (χ2v) is 20.6. The van der Waals surface area contributed by atoms with Crippen molar-refractivity contribution in [1.29, 1.82) is 0 Å². The molecule has 1 aliphatic rings. The van der Waals surface area contributed by atoms with Crippen LogP contribution in [0.1, 0.15) is 22.7 Å². The molecular weight excluding hydrogens is 1090 g/mol. The molecule has 1 aliphatic heterocycles. The molecule has 82 heavy (non-hydrogen) atoms.